The number of aromatic nitrogens is 1. The fourth-order valence-corrected chi connectivity index (χ4v) is 1.54. The van der Waals surface area contributed by atoms with Gasteiger partial charge in [-0.1, -0.05) is 5.92 Å². The van der Waals surface area contributed by atoms with E-state index in [0.29, 0.717) is 17.6 Å². The zero-order valence-corrected chi connectivity index (χ0v) is 9.82. The van der Waals surface area contributed by atoms with Crippen LogP contribution in [0.25, 0.3) is 10.9 Å². The maximum atomic E-state index is 11.6. The van der Waals surface area contributed by atoms with Crippen LogP contribution in [0.4, 0.5) is 0 Å². The highest BCUT2D eigenvalue weighted by Gasteiger charge is 1.99. The second kappa shape index (κ2) is 5.19. The minimum atomic E-state index is -0.570. The fraction of sp³-hybridized carbons (Fsp3) is 0.143. The van der Waals surface area contributed by atoms with Gasteiger partial charge in [0.25, 0.3) is 0 Å². The van der Waals surface area contributed by atoms with Gasteiger partial charge in [-0.25, -0.2) is 4.79 Å². The molecule has 0 atom stereocenters. The Morgan fingerprint density at radius 2 is 2.22 bits per heavy atom. The van der Waals surface area contributed by atoms with E-state index in [4.69, 9.17) is 4.74 Å². The van der Waals surface area contributed by atoms with Gasteiger partial charge < -0.3 is 9.72 Å². The average Bonchev–Trinajstić information content (AvgIpc) is 2.37. The highest BCUT2D eigenvalue weighted by Crippen LogP contribution is 2.08. The van der Waals surface area contributed by atoms with Gasteiger partial charge in [-0.2, -0.15) is 0 Å². The molecule has 2 rings (SSSR count). The van der Waals surface area contributed by atoms with Crippen LogP contribution in [-0.4, -0.2) is 17.6 Å². The van der Waals surface area contributed by atoms with Gasteiger partial charge >= 0.3 is 5.97 Å². The zero-order valence-electron chi connectivity index (χ0n) is 9.82. The van der Waals surface area contributed by atoms with Crippen molar-refractivity contribution < 1.29 is 9.53 Å². The Balaban J connectivity index is 2.39. The summed E-state index contributed by atoms with van der Waals surface area (Å²) in [6, 6.07) is 6.60. The Bertz CT molecular complexity index is 704. The summed E-state index contributed by atoms with van der Waals surface area (Å²) in [5, 5.41) is 0.549. The number of rotatable bonds is 1. The quantitative estimate of drug-likeness (QED) is 0.607. The maximum absolute atomic E-state index is 11.6. The molecule has 0 bridgehead atoms. The second-order valence-corrected chi connectivity index (χ2v) is 3.57. The monoisotopic (exact) mass is 241 g/mol. The van der Waals surface area contributed by atoms with Crippen LogP contribution < -0.4 is 5.43 Å². The summed E-state index contributed by atoms with van der Waals surface area (Å²) in [4.78, 5) is 25.7. The lowest BCUT2D eigenvalue weighted by Gasteiger charge is -1.97. The van der Waals surface area contributed by atoms with E-state index in [1.807, 2.05) is 0 Å². The highest BCUT2D eigenvalue weighted by molar-refractivity contribution is 5.89. The third-order valence-electron chi connectivity index (χ3n) is 2.34. The van der Waals surface area contributed by atoms with Crippen LogP contribution in [0.15, 0.2) is 35.3 Å². The molecule has 1 aromatic heterocycles. The van der Waals surface area contributed by atoms with E-state index in [-0.39, 0.29) is 5.43 Å². The first-order chi connectivity index (χ1) is 8.70. The second-order valence-electron chi connectivity index (χ2n) is 3.57. The van der Waals surface area contributed by atoms with Crippen molar-refractivity contribution in [1.29, 1.82) is 0 Å². The number of esters is 1. The largest absolute Gasteiger partial charge is 0.456 e. The molecule has 0 radical (unpaired) electrons. The van der Waals surface area contributed by atoms with Gasteiger partial charge in [0.05, 0.1) is 6.61 Å². The molecule has 4 nitrogen and oxygen atoms in total. The van der Waals surface area contributed by atoms with Crippen LogP contribution in [0.3, 0.4) is 0 Å². The van der Waals surface area contributed by atoms with Gasteiger partial charge in [0, 0.05) is 34.7 Å². The Labute approximate surface area is 104 Å². The first-order valence-corrected chi connectivity index (χ1v) is 5.51. The smallest absolute Gasteiger partial charge is 0.384 e. The van der Waals surface area contributed by atoms with Crippen molar-refractivity contribution >= 4 is 16.9 Å². The summed E-state index contributed by atoms with van der Waals surface area (Å²) in [5.74, 6) is 4.46. The number of hydrogen-bond donors (Lipinski definition) is 1. The molecule has 4 heteroatoms. The number of carbonyl (C=O) groups excluding carboxylic acids is 1. The number of ether oxygens (including phenoxy) is 1. The Morgan fingerprint density at radius 3 is 3.00 bits per heavy atom. The molecular weight excluding hydrogens is 230 g/mol. The van der Waals surface area contributed by atoms with Crippen LogP contribution in [0.1, 0.15) is 12.5 Å². The summed E-state index contributed by atoms with van der Waals surface area (Å²) in [6.45, 7) is 2.01. The minimum absolute atomic E-state index is 0.0801. The van der Waals surface area contributed by atoms with E-state index in [1.54, 1.807) is 31.3 Å². The molecule has 0 saturated carbocycles. The van der Waals surface area contributed by atoms with Gasteiger partial charge in [0.15, 0.2) is 5.43 Å². The lowest BCUT2D eigenvalue weighted by atomic mass is 10.1. The molecule has 1 aromatic carbocycles. The van der Waals surface area contributed by atoms with Crippen LogP contribution >= 0.6 is 0 Å². The molecule has 0 unspecified atom stereocenters. The first-order valence-electron chi connectivity index (χ1n) is 5.51. The molecule has 0 aliphatic carbocycles. The predicted octanol–water partition coefficient (Wildman–Crippen LogP) is 1.44. The molecule has 2 aromatic rings. The number of carbonyl (C=O) groups is 1. The van der Waals surface area contributed by atoms with Gasteiger partial charge in [0.2, 0.25) is 0 Å². The number of pyridine rings is 1. The van der Waals surface area contributed by atoms with Crippen LogP contribution in [0.2, 0.25) is 0 Å². The van der Waals surface area contributed by atoms with Gasteiger partial charge in [-0.15, -0.1) is 0 Å². The zero-order chi connectivity index (χ0) is 13.0. The van der Waals surface area contributed by atoms with Gasteiger partial charge in [-0.3, -0.25) is 4.79 Å². The average molecular weight is 241 g/mol. The van der Waals surface area contributed by atoms with Crippen molar-refractivity contribution in [2.24, 2.45) is 0 Å². The number of hydrogen-bond acceptors (Lipinski definition) is 3. The lowest BCUT2D eigenvalue weighted by Crippen LogP contribution is -2.01. The maximum Gasteiger partial charge on any atom is 0.384 e. The summed E-state index contributed by atoms with van der Waals surface area (Å²) >= 11 is 0. The van der Waals surface area contributed by atoms with E-state index >= 15 is 0 Å². The fourth-order valence-electron chi connectivity index (χ4n) is 1.54. The first kappa shape index (κ1) is 11.9. The lowest BCUT2D eigenvalue weighted by molar-refractivity contribution is -0.136. The van der Waals surface area contributed by atoms with Crippen molar-refractivity contribution in [2.75, 3.05) is 6.61 Å². The van der Waals surface area contributed by atoms with Crippen molar-refractivity contribution in [1.82, 2.24) is 4.98 Å². The van der Waals surface area contributed by atoms with Crippen LogP contribution in [0, 0.1) is 11.8 Å². The van der Waals surface area contributed by atoms with Gasteiger partial charge in [0.1, 0.15) is 0 Å². The molecule has 0 aliphatic rings. The number of H-pyrrole nitrogens is 1. The Kier molecular flexibility index (Phi) is 3.44. The third-order valence-corrected chi connectivity index (χ3v) is 2.34. The van der Waals surface area contributed by atoms with Crippen LogP contribution in [0.5, 0.6) is 0 Å². The number of benzene rings is 1. The van der Waals surface area contributed by atoms with E-state index in [9.17, 15) is 9.59 Å². The summed E-state index contributed by atoms with van der Waals surface area (Å²) in [5.41, 5.74) is 1.26. The van der Waals surface area contributed by atoms with E-state index in [0.717, 1.165) is 5.52 Å². The molecule has 0 saturated heterocycles. The van der Waals surface area contributed by atoms with E-state index < -0.39 is 5.97 Å². The van der Waals surface area contributed by atoms with Crippen molar-refractivity contribution in [2.45, 2.75) is 6.92 Å². The molecular formula is C14H11NO3. The SMILES string of the molecule is CCOC(=O)C#Cc1ccc2[nH]ccc(=O)c2c1. The molecule has 0 spiro atoms. The summed E-state index contributed by atoms with van der Waals surface area (Å²) < 4.78 is 4.69. The Morgan fingerprint density at radius 1 is 1.39 bits per heavy atom. The standard InChI is InChI=1S/C14H11NO3/c1-2-18-14(17)6-4-10-3-5-12-11(9-10)13(16)7-8-15-12/h3,5,7-9H,2H2,1H3,(H,15,16). The van der Waals surface area contributed by atoms with Crippen molar-refractivity contribution in [3.63, 3.8) is 0 Å². The van der Waals surface area contributed by atoms with Gasteiger partial charge in [-0.05, 0) is 25.1 Å². The number of nitrogens with one attached hydrogen (secondary N) is 1. The van der Waals surface area contributed by atoms with Crippen LogP contribution in [-0.2, 0) is 9.53 Å². The summed E-state index contributed by atoms with van der Waals surface area (Å²) in [7, 11) is 0. The molecule has 0 aliphatic heterocycles. The minimum Gasteiger partial charge on any atom is -0.456 e. The Hall–Kier alpha value is -2.54. The molecule has 0 fully saturated rings. The van der Waals surface area contributed by atoms with Crippen molar-refractivity contribution in [3.8, 4) is 11.8 Å². The van der Waals surface area contributed by atoms with E-state index in [2.05, 4.69) is 16.8 Å². The molecule has 1 heterocycles. The molecule has 1 N–H and O–H groups in total. The topological polar surface area (TPSA) is 59.2 Å². The highest BCUT2D eigenvalue weighted by atomic mass is 16.5. The number of fused-ring (bicyclic) bond motifs is 1. The van der Waals surface area contributed by atoms with Crippen molar-refractivity contribution in [3.05, 3.63) is 46.2 Å². The number of aromatic amines is 1. The third kappa shape index (κ3) is 2.58. The predicted molar refractivity (Wildman–Crippen MR) is 68.1 cm³/mol. The van der Waals surface area contributed by atoms with E-state index in [1.165, 1.54) is 6.07 Å². The normalized spacial score (nSPS) is 9.61. The molecule has 18 heavy (non-hydrogen) atoms. The summed E-state index contributed by atoms with van der Waals surface area (Å²) in [6.07, 6.45) is 1.59. The molecule has 0 amide bonds. The molecule has 90 valence electrons.